The number of benzene rings is 1. The van der Waals surface area contributed by atoms with Gasteiger partial charge in [-0.1, -0.05) is 12.1 Å². The van der Waals surface area contributed by atoms with Crippen LogP contribution < -0.4 is 5.69 Å². The second-order valence-corrected chi connectivity index (χ2v) is 7.33. The van der Waals surface area contributed by atoms with Gasteiger partial charge in [0.05, 0.1) is 17.8 Å². The number of rotatable bonds is 5. The van der Waals surface area contributed by atoms with Crippen LogP contribution in [0.5, 0.6) is 0 Å². The van der Waals surface area contributed by atoms with E-state index in [-0.39, 0.29) is 24.0 Å². The van der Waals surface area contributed by atoms with E-state index in [0.717, 1.165) is 12.1 Å². The summed E-state index contributed by atoms with van der Waals surface area (Å²) in [5.41, 5.74) is -0.0786. The zero-order valence-corrected chi connectivity index (χ0v) is 15.7. The summed E-state index contributed by atoms with van der Waals surface area (Å²) >= 11 is 0. The van der Waals surface area contributed by atoms with Crippen LogP contribution in [0.1, 0.15) is 12.0 Å². The van der Waals surface area contributed by atoms with E-state index in [4.69, 9.17) is 0 Å². The highest BCUT2D eigenvalue weighted by atomic mass is 19.4. The van der Waals surface area contributed by atoms with Gasteiger partial charge >= 0.3 is 11.9 Å². The Morgan fingerprint density at radius 1 is 1.20 bits per heavy atom. The number of alkyl halides is 4. The summed E-state index contributed by atoms with van der Waals surface area (Å²) in [5, 5.41) is 0. The van der Waals surface area contributed by atoms with E-state index in [1.807, 2.05) is 0 Å². The molecule has 0 saturated carbocycles. The number of halogens is 4. The second kappa shape index (κ2) is 7.58. The maximum atomic E-state index is 13.0. The number of aromatic nitrogens is 3. The maximum absolute atomic E-state index is 13.0. The lowest BCUT2D eigenvalue weighted by atomic mass is 9.97. The van der Waals surface area contributed by atoms with Crippen molar-refractivity contribution >= 4 is 17.1 Å². The molecule has 2 aromatic heterocycles. The molecule has 0 aliphatic carbocycles. The van der Waals surface area contributed by atoms with Gasteiger partial charge in [-0.25, -0.2) is 9.78 Å². The third-order valence-corrected chi connectivity index (χ3v) is 5.27. The number of aromatic amines is 1. The van der Waals surface area contributed by atoms with Crippen LogP contribution in [0.3, 0.4) is 0 Å². The van der Waals surface area contributed by atoms with Crippen molar-refractivity contribution in [2.24, 2.45) is 5.92 Å². The highest BCUT2D eigenvalue weighted by Crippen LogP contribution is 2.32. The number of hydrogen-bond donors (Lipinski definition) is 1. The van der Waals surface area contributed by atoms with Crippen LogP contribution in [0.4, 0.5) is 17.6 Å². The Balaban J connectivity index is 1.62. The number of pyridine rings is 1. The number of hydrogen-bond acceptors (Lipinski definition) is 3. The Morgan fingerprint density at radius 3 is 2.67 bits per heavy atom. The fourth-order valence-electron chi connectivity index (χ4n) is 3.57. The van der Waals surface area contributed by atoms with Crippen LogP contribution in [0.2, 0.25) is 0 Å². The van der Waals surface area contributed by atoms with Gasteiger partial charge < -0.3 is 4.90 Å². The lowest BCUT2D eigenvalue weighted by molar-refractivity contribution is -0.138. The average molecular weight is 422 g/mol. The van der Waals surface area contributed by atoms with Crippen molar-refractivity contribution in [2.75, 3.05) is 19.8 Å². The summed E-state index contributed by atoms with van der Waals surface area (Å²) in [6, 6.07) is 6.33. The number of fused-ring (bicyclic) bond motifs is 1. The topological polar surface area (TPSA) is 71.0 Å². The van der Waals surface area contributed by atoms with Gasteiger partial charge in [0, 0.05) is 24.8 Å². The highest BCUT2D eigenvalue weighted by molar-refractivity contribution is 5.82. The summed E-state index contributed by atoms with van der Waals surface area (Å²) in [7, 11) is 0. The summed E-state index contributed by atoms with van der Waals surface area (Å²) < 4.78 is 52.6. The lowest BCUT2D eigenvalue weighted by Gasteiger charge is -2.39. The molecule has 0 bridgehead atoms. The zero-order chi connectivity index (χ0) is 21.5. The van der Waals surface area contributed by atoms with Crippen LogP contribution in [-0.2, 0) is 17.5 Å². The average Bonchev–Trinajstić information content (AvgIpc) is 2.98. The number of carbonyl (C=O) groups is 1. The van der Waals surface area contributed by atoms with Crippen molar-refractivity contribution in [3.05, 3.63) is 52.6 Å². The molecule has 1 fully saturated rings. The van der Waals surface area contributed by atoms with Crippen molar-refractivity contribution < 1.29 is 22.4 Å². The number of H-pyrrole nitrogens is 1. The van der Waals surface area contributed by atoms with Gasteiger partial charge in [0.2, 0.25) is 5.91 Å². The molecular formula is C20H18F4N4O2. The van der Waals surface area contributed by atoms with Crippen molar-refractivity contribution in [3.8, 4) is 11.1 Å². The number of nitrogens with zero attached hydrogens (tertiary/aromatic N) is 3. The van der Waals surface area contributed by atoms with Gasteiger partial charge in [0.1, 0.15) is 6.54 Å². The zero-order valence-electron chi connectivity index (χ0n) is 15.7. The molecule has 1 aliphatic heterocycles. The number of nitrogens with one attached hydrogen (secondary N) is 1. The molecule has 1 aliphatic rings. The van der Waals surface area contributed by atoms with Gasteiger partial charge in [0.25, 0.3) is 0 Å². The predicted molar refractivity (Wildman–Crippen MR) is 101 cm³/mol. The van der Waals surface area contributed by atoms with Crippen LogP contribution in [-0.4, -0.2) is 45.1 Å². The minimum Gasteiger partial charge on any atom is -0.340 e. The SMILES string of the molecule is O=C(Cn1c(=O)[nH]c2ncc(-c3cccc(C(F)(F)F)c3)cc21)N1CC(CCF)C1. The van der Waals surface area contributed by atoms with E-state index < -0.39 is 24.1 Å². The Bertz CT molecular complexity index is 1150. The molecule has 0 unspecified atom stereocenters. The van der Waals surface area contributed by atoms with Gasteiger partial charge in [-0.05, 0) is 36.1 Å². The van der Waals surface area contributed by atoms with E-state index in [1.54, 1.807) is 4.90 Å². The number of amides is 1. The normalized spacial score (nSPS) is 14.9. The quantitative estimate of drug-likeness (QED) is 0.642. The number of carbonyl (C=O) groups excluding carboxylic acids is 1. The molecule has 0 radical (unpaired) electrons. The van der Waals surface area contributed by atoms with Crippen molar-refractivity contribution in [1.82, 2.24) is 19.4 Å². The van der Waals surface area contributed by atoms with Gasteiger partial charge in [-0.15, -0.1) is 0 Å². The Labute approximate surface area is 168 Å². The molecule has 6 nitrogen and oxygen atoms in total. The fraction of sp³-hybridized carbons (Fsp3) is 0.350. The summed E-state index contributed by atoms with van der Waals surface area (Å²) in [6.07, 6.45) is -2.70. The van der Waals surface area contributed by atoms with E-state index in [1.165, 1.54) is 29.0 Å². The van der Waals surface area contributed by atoms with Crippen molar-refractivity contribution in [3.63, 3.8) is 0 Å². The molecule has 3 heterocycles. The summed E-state index contributed by atoms with van der Waals surface area (Å²) in [6.45, 7) is 0.245. The van der Waals surface area contributed by atoms with Gasteiger partial charge in [0.15, 0.2) is 5.65 Å². The Hall–Kier alpha value is -3.17. The lowest BCUT2D eigenvalue weighted by Crippen LogP contribution is -2.51. The molecule has 1 saturated heterocycles. The highest BCUT2D eigenvalue weighted by Gasteiger charge is 2.31. The first-order valence-electron chi connectivity index (χ1n) is 9.36. The second-order valence-electron chi connectivity index (χ2n) is 7.33. The molecule has 1 N–H and O–H groups in total. The monoisotopic (exact) mass is 422 g/mol. The van der Waals surface area contributed by atoms with E-state index >= 15 is 0 Å². The van der Waals surface area contributed by atoms with Crippen LogP contribution in [0.25, 0.3) is 22.3 Å². The van der Waals surface area contributed by atoms with Gasteiger partial charge in [-0.3, -0.25) is 18.7 Å². The molecular weight excluding hydrogens is 404 g/mol. The fourth-order valence-corrected chi connectivity index (χ4v) is 3.57. The Morgan fingerprint density at radius 2 is 1.97 bits per heavy atom. The standard InChI is InChI=1S/C20H18F4N4O2/c21-5-4-12-9-27(10-12)17(29)11-28-16-7-14(8-25-18(16)26-19(28)30)13-2-1-3-15(6-13)20(22,23)24/h1-3,6-8,12H,4-5,9-11H2,(H,25,26,30). The van der Waals surface area contributed by atoms with Gasteiger partial charge in [-0.2, -0.15) is 13.2 Å². The molecule has 3 aromatic rings. The predicted octanol–water partition coefficient (Wildman–Crippen LogP) is 3.23. The summed E-state index contributed by atoms with van der Waals surface area (Å²) in [5.74, 6) is -0.148. The van der Waals surface area contributed by atoms with Crippen molar-refractivity contribution in [2.45, 2.75) is 19.1 Å². The maximum Gasteiger partial charge on any atom is 0.416 e. The van der Waals surface area contributed by atoms with Crippen LogP contribution in [0, 0.1) is 5.92 Å². The molecule has 1 aromatic carbocycles. The molecule has 158 valence electrons. The largest absolute Gasteiger partial charge is 0.416 e. The first kappa shape index (κ1) is 20.1. The summed E-state index contributed by atoms with van der Waals surface area (Å²) in [4.78, 5) is 33.0. The molecule has 0 atom stereocenters. The first-order chi connectivity index (χ1) is 14.3. The molecule has 10 heteroatoms. The molecule has 1 amide bonds. The number of likely N-dealkylation sites (tertiary alicyclic amines) is 1. The van der Waals surface area contributed by atoms with Crippen LogP contribution >= 0.6 is 0 Å². The first-order valence-corrected chi connectivity index (χ1v) is 9.36. The van der Waals surface area contributed by atoms with Crippen molar-refractivity contribution in [1.29, 1.82) is 0 Å². The van der Waals surface area contributed by atoms with Crippen LogP contribution in [0.15, 0.2) is 41.3 Å². The Kier molecular flexibility index (Phi) is 5.08. The minimum atomic E-state index is -4.48. The minimum absolute atomic E-state index is 0.132. The molecule has 4 rings (SSSR count). The van der Waals surface area contributed by atoms with E-state index in [9.17, 15) is 27.2 Å². The smallest absolute Gasteiger partial charge is 0.340 e. The number of imidazole rings is 1. The third kappa shape index (κ3) is 3.81. The molecule has 0 spiro atoms. The van der Waals surface area contributed by atoms with E-state index in [2.05, 4.69) is 9.97 Å². The third-order valence-electron chi connectivity index (χ3n) is 5.27. The van der Waals surface area contributed by atoms with E-state index in [0.29, 0.717) is 36.2 Å². The molecule has 30 heavy (non-hydrogen) atoms.